The molecule has 0 radical (unpaired) electrons. The van der Waals surface area contributed by atoms with Gasteiger partial charge in [0.2, 0.25) is 0 Å². The monoisotopic (exact) mass is 496 g/mol. The molecule has 0 amide bonds. The number of benzene rings is 2. The molecule has 1 saturated carbocycles. The van der Waals surface area contributed by atoms with Gasteiger partial charge < -0.3 is 24.3 Å². The van der Waals surface area contributed by atoms with Crippen molar-refractivity contribution in [3.63, 3.8) is 0 Å². The van der Waals surface area contributed by atoms with Crippen LogP contribution >= 0.6 is 0 Å². The summed E-state index contributed by atoms with van der Waals surface area (Å²) in [6.45, 7) is 5.60. The average molecular weight is 497 g/mol. The summed E-state index contributed by atoms with van der Waals surface area (Å²) >= 11 is -1.33. The van der Waals surface area contributed by atoms with Gasteiger partial charge in [-0.25, -0.2) is 0 Å². The summed E-state index contributed by atoms with van der Waals surface area (Å²) in [5.41, 5.74) is 11.6. The van der Waals surface area contributed by atoms with Gasteiger partial charge in [0.05, 0.1) is 41.8 Å². The van der Waals surface area contributed by atoms with Crippen LogP contribution < -0.4 is 19.9 Å². The van der Waals surface area contributed by atoms with Gasteiger partial charge in [-0.15, -0.1) is 4.72 Å². The summed E-state index contributed by atoms with van der Waals surface area (Å²) in [4.78, 5) is 0. The number of nitrogen functional groups attached to an aromatic ring is 1. The summed E-state index contributed by atoms with van der Waals surface area (Å²) in [7, 11) is 0. The molecular weight excluding hydrogens is 460 g/mol. The van der Waals surface area contributed by atoms with E-state index in [2.05, 4.69) is 45.2 Å². The highest BCUT2D eigenvalue weighted by Crippen LogP contribution is 2.45. The fourth-order valence-corrected chi connectivity index (χ4v) is 5.73. The number of nitrogens with two attached hydrogens (primary N) is 1. The smallest absolute Gasteiger partial charge is 0.163 e. The highest BCUT2D eigenvalue weighted by Gasteiger charge is 2.27. The van der Waals surface area contributed by atoms with Crippen molar-refractivity contribution >= 4 is 33.8 Å². The molecule has 8 heteroatoms. The molecule has 1 aromatic heterocycles. The number of rotatable bonds is 9. The molecule has 0 spiro atoms. The number of nitrogens with zero attached hydrogens (tertiary/aromatic N) is 1. The maximum absolute atomic E-state index is 12.3. The quantitative estimate of drug-likeness (QED) is 0.336. The normalized spacial score (nSPS) is 18.8. The summed E-state index contributed by atoms with van der Waals surface area (Å²) < 4.78 is 32.6. The van der Waals surface area contributed by atoms with Gasteiger partial charge in [-0.1, -0.05) is 19.1 Å². The van der Waals surface area contributed by atoms with Crippen molar-refractivity contribution in [3.8, 4) is 17.0 Å². The zero-order chi connectivity index (χ0) is 24.4. The summed E-state index contributed by atoms with van der Waals surface area (Å²) in [6.07, 6.45) is 6.51. The van der Waals surface area contributed by atoms with Crippen LogP contribution in [0.4, 0.5) is 11.4 Å². The second-order valence-electron chi connectivity index (χ2n) is 9.70. The van der Waals surface area contributed by atoms with Gasteiger partial charge in [-0.05, 0) is 56.9 Å². The molecule has 188 valence electrons. The molecule has 7 nitrogen and oxygen atoms in total. The minimum absolute atomic E-state index is 0.181. The van der Waals surface area contributed by atoms with Crippen LogP contribution in [-0.4, -0.2) is 34.5 Å². The third-order valence-corrected chi connectivity index (χ3v) is 8.25. The SMILES string of the molecule is CC[C@H](C)N[S@+]([O-])Nc1ccc(-c2c(N)c3ccc(OC4CCOCC4)cc3n2C2CCC2)cc1. The Kier molecular flexibility index (Phi) is 7.43. The number of anilines is 2. The molecule has 1 aliphatic heterocycles. The molecule has 0 unspecified atom stereocenters. The molecule has 2 heterocycles. The van der Waals surface area contributed by atoms with Gasteiger partial charge in [-0.2, -0.15) is 4.72 Å². The van der Waals surface area contributed by atoms with Gasteiger partial charge in [0.25, 0.3) is 0 Å². The summed E-state index contributed by atoms with van der Waals surface area (Å²) in [6, 6.07) is 15.0. The first-order chi connectivity index (χ1) is 17.0. The molecule has 35 heavy (non-hydrogen) atoms. The average Bonchev–Trinajstić information content (AvgIpc) is 3.10. The van der Waals surface area contributed by atoms with Crippen molar-refractivity contribution in [2.45, 2.75) is 70.6 Å². The van der Waals surface area contributed by atoms with Crippen molar-refractivity contribution in [1.29, 1.82) is 0 Å². The maximum atomic E-state index is 12.3. The van der Waals surface area contributed by atoms with Crippen LogP contribution in [0.5, 0.6) is 5.75 Å². The fourth-order valence-electron chi connectivity index (χ4n) is 4.79. The van der Waals surface area contributed by atoms with E-state index in [9.17, 15) is 4.55 Å². The van der Waals surface area contributed by atoms with Crippen molar-refractivity contribution in [2.24, 2.45) is 0 Å². The molecule has 4 N–H and O–H groups in total. The van der Waals surface area contributed by atoms with Crippen molar-refractivity contribution in [2.75, 3.05) is 23.7 Å². The Morgan fingerprint density at radius 1 is 1.14 bits per heavy atom. The van der Waals surface area contributed by atoms with Gasteiger partial charge in [0.15, 0.2) is 11.5 Å². The molecule has 2 fully saturated rings. The number of fused-ring (bicyclic) bond motifs is 1. The Morgan fingerprint density at radius 3 is 2.54 bits per heavy atom. The third kappa shape index (κ3) is 5.26. The maximum Gasteiger partial charge on any atom is 0.163 e. The second kappa shape index (κ2) is 10.7. The van der Waals surface area contributed by atoms with E-state index in [-0.39, 0.29) is 12.1 Å². The Morgan fingerprint density at radius 2 is 1.89 bits per heavy atom. The Hall–Kier alpha value is -2.39. The molecule has 1 aliphatic carbocycles. The van der Waals surface area contributed by atoms with Crippen molar-refractivity contribution in [1.82, 2.24) is 9.29 Å². The zero-order valence-electron chi connectivity index (χ0n) is 20.6. The van der Waals surface area contributed by atoms with Crippen molar-refractivity contribution < 1.29 is 14.0 Å². The predicted octanol–water partition coefficient (Wildman–Crippen LogP) is 5.55. The van der Waals surface area contributed by atoms with E-state index in [1.807, 2.05) is 25.1 Å². The topological polar surface area (TPSA) is 96.5 Å². The summed E-state index contributed by atoms with van der Waals surface area (Å²) in [5.74, 6) is 0.893. The molecule has 5 rings (SSSR count). The van der Waals surface area contributed by atoms with Crippen molar-refractivity contribution in [3.05, 3.63) is 42.5 Å². The second-order valence-corrected chi connectivity index (χ2v) is 10.7. The third-order valence-electron chi connectivity index (χ3n) is 7.22. The molecule has 1 saturated heterocycles. The lowest BCUT2D eigenvalue weighted by Crippen LogP contribution is -2.36. The molecule has 0 bridgehead atoms. The van der Waals surface area contributed by atoms with Gasteiger partial charge in [0.1, 0.15) is 11.9 Å². The van der Waals surface area contributed by atoms with Crippen LogP contribution in [0.2, 0.25) is 0 Å². The minimum atomic E-state index is -1.33. The van der Waals surface area contributed by atoms with Crippen LogP contribution in [0.1, 0.15) is 58.4 Å². The molecule has 2 aromatic carbocycles. The van der Waals surface area contributed by atoms with Crippen LogP contribution in [0.3, 0.4) is 0 Å². The van der Waals surface area contributed by atoms with Crippen LogP contribution in [0, 0.1) is 0 Å². The van der Waals surface area contributed by atoms with E-state index in [0.29, 0.717) is 6.04 Å². The van der Waals surface area contributed by atoms with Gasteiger partial charge >= 0.3 is 0 Å². The minimum Gasteiger partial charge on any atom is -0.574 e. The number of ether oxygens (including phenoxy) is 2. The standard InChI is InChI=1S/C27H36N4O3S/c1-3-18(2)29-35(32)30-20-9-7-19(8-10-20)27-26(28)24-12-11-23(34-22-13-15-33-16-14-22)17-25(24)31(27)21-5-4-6-21/h7-12,17-18,21-22,29-30H,3-6,13-16,28H2,1-2H3/t18-,35-/m0/s1. The first-order valence-electron chi connectivity index (χ1n) is 12.8. The Balaban J connectivity index is 1.44. The lowest BCUT2D eigenvalue weighted by molar-refractivity contribution is 0.0256. The largest absolute Gasteiger partial charge is 0.574 e. The lowest BCUT2D eigenvalue weighted by atomic mass is 9.92. The van der Waals surface area contributed by atoms with Gasteiger partial charge in [-0.3, -0.25) is 0 Å². The molecule has 2 atom stereocenters. The zero-order valence-corrected chi connectivity index (χ0v) is 21.4. The van der Waals surface area contributed by atoms with E-state index >= 15 is 0 Å². The lowest BCUT2D eigenvalue weighted by Gasteiger charge is -2.30. The Labute approximate surface area is 210 Å². The number of aromatic nitrogens is 1. The van der Waals surface area contributed by atoms with E-state index in [1.165, 1.54) is 6.42 Å². The predicted molar refractivity (Wildman–Crippen MR) is 144 cm³/mol. The fraction of sp³-hybridized carbons (Fsp3) is 0.481. The van der Waals surface area contributed by atoms with Gasteiger partial charge in [0, 0.05) is 35.9 Å². The first-order valence-corrected chi connectivity index (χ1v) is 13.9. The number of hydrogen-bond acceptors (Lipinski definition) is 6. The highest BCUT2D eigenvalue weighted by molar-refractivity contribution is 7.90. The highest BCUT2D eigenvalue weighted by atomic mass is 32.2. The number of nitrogens with one attached hydrogen (secondary N) is 2. The summed E-state index contributed by atoms with van der Waals surface area (Å²) in [5, 5.41) is 1.06. The van der Waals surface area contributed by atoms with E-state index in [0.717, 1.165) is 84.6 Å². The van der Waals surface area contributed by atoms with E-state index in [4.69, 9.17) is 15.2 Å². The molecule has 3 aromatic rings. The van der Waals surface area contributed by atoms with Crippen LogP contribution in [-0.2, 0) is 16.3 Å². The molecular formula is C27H36N4O3S. The first kappa shape index (κ1) is 24.3. The number of hydrogen-bond donors (Lipinski definition) is 3. The van der Waals surface area contributed by atoms with E-state index < -0.39 is 11.5 Å². The van der Waals surface area contributed by atoms with E-state index in [1.54, 1.807) is 0 Å². The molecule has 2 aliphatic rings. The van der Waals surface area contributed by atoms with Crippen LogP contribution in [0.15, 0.2) is 42.5 Å². The Bertz CT molecular complexity index is 1140. The van der Waals surface area contributed by atoms with Crippen LogP contribution in [0.25, 0.3) is 22.2 Å².